The van der Waals surface area contributed by atoms with Crippen LogP contribution in [0.2, 0.25) is 0 Å². The molecule has 1 atom stereocenters. The Bertz CT molecular complexity index is 1050. The lowest BCUT2D eigenvalue weighted by molar-refractivity contribution is -0.00833. The summed E-state index contributed by atoms with van der Waals surface area (Å²) in [6.45, 7) is 10.4. The lowest BCUT2D eigenvalue weighted by atomic mass is 10.00. The molecule has 0 aliphatic carbocycles. The predicted molar refractivity (Wildman–Crippen MR) is 139 cm³/mol. The molecule has 172 valence electrons. The van der Waals surface area contributed by atoms with Crippen LogP contribution in [0.25, 0.3) is 5.65 Å². The number of hydrogen-bond acceptors (Lipinski definition) is 4. The van der Waals surface area contributed by atoms with Crippen molar-refractivity contribution in [3.05, 3.63) is 65.1 Å². The minimum absolute atomic E-state index is 0. The maximum absolute atomic E-state index is 6.12. The van der Waals surface area contributed by atoms with E-state index in [9.17, 15) is 0 Å². The number of benzene rings is 1. The van der Waals surface area contributed by atoms with E-state index in [4.69, 9.17) is 9.73 Å². The molecule has 1 fully saturated rings. The van der Waals surface area contributed by atoms with E-state index in [1.165, 1.54) is 16.7 Å². The van der Waals surface area contributed by atoms with Crippen molar-refractivity contribution in [3.8, 4) is 0 Å². The van der Waals surface area contributed by atoms with Gasteiger partial charge in [0.25, 0.3) is 0 Å². The van der Waals surface area contributed by atoms with Gasteiger partial charge in [0.1, 0.15) is 11.9 Å². The van der Waals surface area contributed by atoms with Crippen molar-refractivity contribution in [1.29, 1.82) is 0 Å². The first-order valence-corrected chi connectivity index (χ1v) is 11.2. The molecule has 1 aliphatic heterocycles. The highest BCUT2D eigenvalue weighted by Gasteiger charge is 2.25. The molecule has 32 heavy (non-hydrogen) atoms. The van der Waals surface area contributed by atoms with Gasteiger partial charge < -0.3 is 15.0 Å². The molecule has 1 aromatic carbocycles. The number of rotatable bonds is 6. The molecule has 3 heterocycles. The molecular weight excluding hydrogens is 515 g/mol. The van der Waals surface area contributed by atoms with Crippen LogP contribution in [0.1, 0.15) is 42.0 Å². The topological polar surface area (TPSA) is 67.0 Å². The Morgan fingerprint density at radius 1 is 1.22 bits per heavy atom. The van der Waals surface area contributed by atoms with E-state index in [0.717, 1.165) is 56.5 Å². The number of nitrogens with one attached hydrogen (secondary N) is 1. The summed E-state index contributed by atoms with van der Waals surface area (Å²) in [5, 5.41) is 12.0. The zero-order valence-electron chi connectivity index (χ0n) is 19.1. The van der Waals surface area contributed by atoms with Gasteiger partial charge in [0.05, 0.1) is 13.2 Å². The fourth-order valence-corrected chi connectivity index (χ4v) is 4.13. The van der Waals surface area contributed by atoms with Crippen LogP contribution in [-0.4, -0.2) is 58.2 Å². The van der Waals surface area contributed by atoms with E-state index >= 15 is 0 Å². The minimum atomic E-state index is 0. The van der Waals surface area contributed by atoms with Gasteiger partial charge in [-0.1, -0.05) is 29.8 Å². The number of aryl methyl sites for hydroxylation is 3. The number of halogens is 1. The van der Waals surface area contributed by atoms with Gasteiger partial charge in [0, 0.05) is 32.3 Å². The van der Waals surface area contributed by atoms with E-state index in [-0.39, 0.29) is 30.1 Å². The third-order valence-corrected chi connectivity index (χ3v) is 5.68. The molecule has 7 nitrogen and oxygen atoms in total. The smallest absolute Gasteiger partial charge is 0.194 e. The van der Waals surface area contributed by atoms with Gasteiger partial charge in [-0.05, 0) is 50.5 Å². The third-order valence-electron chi connectivity index (χ3n) is 5.68. The number of nitrogens with zero attached hydrogens (tertiary/aromatic N) is 5. The highest BCUT2D eigenvalue weighted by molar-refractivity contribution is 14.0. The lowest BCUT2D eigenvalue weighted by Crippen LogP contribution is -2.48. The quantitative estimate of drug-likeness (QED) is 0.219. The lowest BCUT2D eigenvalue weighted by Gasteiger charge is -2.36. The van der Waals surface area contributed by atoms with Gasteiger partial charge in [0.2, 0.25) is 0 Å². The third kappa shape index (κ3) is 5.78. The second-order valence-corrected chi connectivity index (χ2v) is 8.05. The Hall–Kier alpha value is -2.20. The molecular formula is C24H33IN6O. The van der Waals surface area contributed by atoms with Gasteiger partial charge in [0.15, 0.2) is 11.6 Å². The molecule has 0 radical (unpaired) electrons. The van der Waals surface area contributed by atoms with E-state index in [1.807, 2.05) is 28.8 Å². The Kier molecular flexibility index (Phi) is 8.86. The molecule has 8 heteroatoms. The molecule has 0 bridgehead atoms. The van der Waals surface area contributed by atoms with E-state index in [1.54, 1.807) is 0 Å². The fraction of sp³-hybridized carbons (Fsp3) is 0.458. The maximum Gasteiger partial charge on any atom is 0.194 e. The average molecular weight is 548 g/mol. The second kappa shape index (κ2) is 11.6. The molecule has 2 aromatic heterocycles. The Balaban J connectivity index is 0.00000289. The summed E-state index contributed by atoms with van der Waals surface area (Å²) in [5.41, 5.74) is 4.73. The first-order valence-electron chi connectivity index (χ1n) is 11.2. The number of aromatic nitrogens is 3. The number of hydrogen-bond donors (Lipinski definition) is 1. The number of fused-ring (bicyclic) bond motifs is 1. The number of guanidine groups is 1. The predicted octanol–water partition coefficient (Wildman–Crippen LogP) is 3.94. The van der Waals surface area contributed by atoms with Crippen LogP contribution < -0.4 is 5.32 Å². The summed E-state index contributed by atoms with van der Waals surface area (Å²) >= 11 is 0. The van der Waals surface area contributed by atoms with Crippen LogP contribution >= 0.6 is 24.0 Å². The Labute approximate surface area is 207 Å². The van der Waals surface area contributed by atoms with Gasteiger partial charge in [-0.25, -0.2) is 0 Å². The normalized spacial score (nSPS) is 16.8. The van der Waals surface area contributed by atoms with E-state index < -0.39 is 0 Å². The van der Waals surface area contributed by atoms with Crippen molar-refractivity contribution in [3.63, 3.8) is 0 Å². The summed E-state index contributed by atoms with van der Waals surface area (Å²) in [5.74, 6) is 1.95. The summed E-state index contributed by atoms with van der Waals surface area (Å²) in [7, 11) is 0. The van der Waals surface area contributed by atoms with Crippen LogP contribution in [0.4, 0.5) is 0 Å². The highest BCUT2D eigenvalue weighted by Crippen LogP contribution is 2.26. The summed E-state index contributed by atoms with van der Waals surface area (Å²) in [6, 6.07) is 12.6. The highest BCUT2D eigenvalue weighted by atomic mass is 127. The summed E-state index contributed by atoms with van der Waals surface area (Å²) in [6.07, 6.45) is 3.86. The summed E-state index contributed by atoms with van der Waals surface area (Å²) in [4.78, 5) is 7.22. The molecule has 0 saturated carbocycles. The summed E-state index contributed by atoms with van der Waals surface area (Å²) < 4.78 is 8.16. The van der Waals surface area contributed by atoms with Gasteiger partial charge in [-0.15, -0.1) is 34.2 Å². The number of pyridine rings is 1. The number of morpholine rings is 1. The zero-order valence-corrected chi connectivity index (χ0v) is 21.5. The van der Waals surface area contributed by atoms with Crippen LogP contribution in [0.15, 0.2) is 47.6 Å². The minimum Gasteiger partial charge on any atom is -0.370 e. The van der Waals surface area contributed by atoms with Crippen molar-refractivity contribution in [1.82, 2.24) is 24.8 Å². The SMILES string of the molecule is CCNC(=NCCCc1nnc2ccccn12)N1CCOC(c2ccc(C)cc2C)C1.I. The Morgan fingerprint density at radius 3 is 2.91 bits per heavy atom. The molecule has 0 amide bonds. The van der Waals surface area contributed by atoms with Crippen molar-refractivity contribution in [2.24, 2.45) is 4.99 Å². The molecule has 3 aromatic rings. The molecule has 1 N–H and O–H groups in total. The molecule has 4 rings (SSSR count). The van der Waals surface area contributed by atoms with Crippen molar-refractivity contribution in [2.45, 2.75) is 39.7 Å². The van der Waals surface area contributed by atoms with Crippen molar-refractivity contribution < 1.29 is 4.74 Å². The standard InChI is InChI=1S/C24H32N6O.HI/c1-4-25-24(26-12-7-9-23-28-27-22-8-5-6-13-30(22)23)29-14-15-31-21(17-29)20-11-10-18(2)16-19(20)3;/h5-6,8,10-11,13,16,21H,4,7,9,12,14-15,17H2,1-3H3,(H,25,26);1H. The fourth-order valence-electron chi connectivity index (χ4n) is 4.13. The zero-order chi connectivity index (χ0) is 21.6. The van der Waals surface area contributed by atoms with Crippen molar-refractivity contribution in [2.75, 3.05) is 32.8 Å². The van der Waals surface area contributed by atoms with Crippen LogP contribution in [0.3, 0.4) is 0 Å². The molecule has 1 unspecified atom stereocenters. The van der Waals surface area contributed by atoms with E-state index in [2.05, 4.69) is 59.4 Å². The largest absolute Gasteiger partial charge is 0.370 e. The van der Waals surface area contributed by atoms with Gasteiger partial charge in [-0.3, -0.25) is 9.39 Å². The molecule has 0 spiro atoms. The average Bonchev–Trinajstić information content (AvgIpc) is 3.19. The number of ether oxygens (including phenoxy) is 1. The number of aliphatic imine (C=N–C) groups is 1. The first kappa shape index (κ1) is 24.4. The maximum atomic E-state index is 6.12. The molecule has 1 aliphatic rings. The van der Waals surface area contributed by atoms with Gasteiger partial charge in [-0.2, -0.15) is 0 Å². The second-order valence-electron chi connectivity index (χ2n) is 8.05. The monoisotopic (exact) mass is 548 g/mol. The molecule has 1 saturated heterocycles. The first-order chi connectivity index (χ1) is 15.2. The van der Waals surface area contributed by atoms with Crippen LogP contribution in [-0.2, 0) is 11.2 Å². The van der Waals surface area contributed by atoms with Crippen molar-refractivity contribution >= 4 is 35.6 Å². The van der Waals surface area contributed by atoms with Crippen LogP contribution in [0.5, 0.6) is 0 Å². The van der Waals surface area contributed by atoms with Crippen LogP contribution in [0, 0.1) is 13.8 Å². The van der Waals surface area contributed by atoms with E-state index in [0.29, 0.717) is 6.61 Å². The Morgan fingerprint density at radius 2 is 2.09 bits per heavy atom. The van der Waals surface area contributed by atoms with Gasteiger partial charge >= 0.3 is 0 Å².